The number of nitrogens with zero attached hydrogens (tertiary/aromatic N) is 2. The van der Waals surface area contributed by atoms with Gasteiger partial charge in [0.15, 0.2) is 0 Å². The first-order valence-electron chi connectivity index (χ1n) is 9.12. The first-order valence-corrected chi connectivity index (χ1v) is 9.12. The van der Waals surface area contributed by atoms with E-state index in [1.807, 2.05) is 24.3 Å². The van der Waals surface area contributed by atoms with Crippen molar-refractivity contribution < 1.29 is 9.90 Å². The van der Waals surface area contributed by atoms with E-state index in [9.17, 15) is 15.2 Å². The maximum atomic E-state index is 12.6. The molecule has 25 heavy (non-hydrogen) atoms. The number of carbonyl (C=O) groups excluding carboxylic acids is 1. The van der Waals surface area contributed by atoms with Crippen LogP contribution in [0.1, 0.15) is 56.1 Å². The Morgan fingerprint density at radius 1 is 1.32 bits per heavy atom. The van der Waals surface area contributed by atoms with E-state index in [-0.39, 0.29) is 30.4 Å². The lowest BCUT2D eigenvalue weighted by molar-refractivity contribution is -0.154. The van der Waals surface area contributed by atoms with Gasteiger partial charge in [-0.05, 0) is 37.0 Å². The predicted molar refractivity (Wildman–Crippen MR) is 95.4 cm³/mol. The molecule has 1 aromatic carbocycles. The van der Waals surface area contributed by atoms with Crippen LogP contribution in [-0.2, 0) is 4.79 Å². The average Bonchev–Trinajstić information content (AvgIpc) is 2.55. The second-order valence-electron chi connectivity index (χ2n) is 6.90. The van der Waals surface area contributed by atoms with E-state index in [4.69, 9.17) is 0 Å². The molecule has 0 aromatic heterocycles. The third-order valence-corrected chi connectivity index (χ3v) is 5.34. The molecule has 4 heteroatoms. The van der Waals surface area contributed by atoms with Gasteiger partial charge < -0.3 is 10.0 Å². The van der Waals surface area contributed by atoms with Gasteiger partial charge in [0.25, 0.3) is 0 Å². The lowest BCUT2D eigenvalue weighted by atomic mass is 9.73. The Morgan fingerprint density at radius 2 is 2.04 bits per heavy atom. The molecule has 2 aliphatic rings. The van der Waals surface area contributed by atoms with Crippen LogP contribution in [0.4, 0.5) is 0 Å². The molecule has 1 aliphatic carbocycles. The number of aliphatic hydroxyl groups excluding tert-OH is 1. The molecule has 1 saturated heterocycles. The van der Waals surface area contributed by atoms with Gasteiger partial charge in [0.2, 0.25) is 5.91 Å². The summed E-state index contributed by atoms with van der Waals surface area (Å²) in [6.45, 7) is 1.99. The number of hydrogen-bond donors (Lipinski definition) is 1. The highest BCUT2D eigenvalue weighted by Crippen LogP contribution is 2.43. The normalized spacial score (nSPS) is 25.2. The summed E-state index contributed by atoms with van der Waals surface area (Å²) in [6, 6.07) is 9.34. The molecular weight excluding hydrogens is 312 g/mol. The van der Waals surface area contributed by atoms with Crippen molar-refractivity contribution in [3.05, 3.63) is 35.4 Å². The van der Waals surface area contributed by atoms with E-state index < -0.39 is 6.04 Å². The number of aliphatic hydroxyl groups is 1. The van der Waals surface area contributed by atoms with E-state index in [0.717, 1.165) is 43.2 Å². The van der Waals surface area contributed by atoms with Crippen LogP contribution in [0.5, 0.6) is 0 Å². The Bertz CT molecular complexity index is 719. The van der Waals surface area contributed by atoms with Crippen molar-refractivity contribution in [3.63, 3.8) is 0 Å². The Labute approximate surface area is 149 Å². The Morgan fingerprint density at radius 3 is 2.56 bits per heavy atom. The first-order chi connectivity index (χ1) is 12.2. The highest BCUT2D eigenvalue weighted by Gasteiger charge is 2.53. The molecule has 1 saturated carbocycles. The number of rotatable bonds is 4. The summed E-state index contributed by atoms with van der Waals surface area (Å²) < 4.78 is 0. The number of likely N-dealkylation sites (tertiary alicyclic amines) is 1. The standard InChI is InChI=1S/C21H24N2O2/c1-2-3-4-6-15-9-11-16(12-10-15)20-18(13-22)23(19(20)14-24)21(25)17-7-5-8-17/h9-12,17-20,24H,2-3,5,7-8,14H2,1H3/t18-,19-,20+/m1/s1. The van der Waals surface area contributed by atoms with Crippen LogP contribution >= 0.6 is 0 Å². The number of unbranched alkanes of at least 4 members (excludes halogenated alkanes) is 1. The molecule has 130 valence electrons. The van der Waals surface area contributed by atoms with E-state index >= 15 is 0 Å². The van der Waals surface area contributed by atoms with Gasteiger partial charge in [0, 0.05) is 23.8 Å². The van der Waals surface area contributed by atoms with Gasteiger partial charge in [-0.1, -0.05) is 37.3 Å². The maximum Gasteiger partial charge on any atom is 0.227 e. The number of amides is 1. The summed E-state index contributed by atoms with van der Waals surface area (Å²) in [5.74, 6) is 6.20. The Balaban J connectivity index is 1.76. The molecule has 1 amide bonds. The smallest absolute Gasteiger partial charge is 0.227 e. The van der Waals surface area contributed by atoms with E-state index in [1.54, 1.807) is 4.90 Å². The molecule has 0 spiro atoms. The molecule has 2 fully saturated rings. The fourth-order valence-corrected chi connectivity index (χ4v) is 3.65. The third-order valence-electron chi connectivity index (χ3n) is 5.34. The molecule has 0 bridgehead atoms. The van der Waals surface area contributed by atoms with Crippen LogP contribution in [0.2, 0.25) is 0 Å². The van der Waals surface area contributed by atoms with Gasteiger partial charge in [-0.3, -0.25) is 4.79 Å². The number of benzene rings is 1. The molecule has 4 nitrogen and oxygen atoms in total. The van der Waals surface area contributed by atoms with E-state index in [0.29, 0.717) is 0 Å². The summed E-state index contributed by atoms with van der Waals surface area (Å²) in [7, 11) is 0. The van der Waals surface area contributed by atoms with Crippen molar-refractivity contribution >= 4 is 5.91 Å². The zero-order chi connectivity index (χ0) is 17.8. The summed E-state index contributed by atoms with van der Waals surface area (Å²) >= 11 is 0. The molecule has 3 atom stereocenters. The predicted octanol–water partition coefficient (Wildman–Crippen LogP) is 2.82. The number of carbonyl (C=O) groups is 1. The van der Waals surface area contributed by atoms with Gasteiger partial charge >= 0.3 is 0 Å². The molecule has 1 heterocycles. The minimum absolute atomic E-state index is 0.0372. The van der Waals surface area contributed by atoms with Crippen LogP contribution < -0.4 is 0 Å². The van der Waals surface area contributed by atoms with Gasteiger partial charge in [0.05, 0.1) is 18.7 Å². The number of nitriles is 1. The maximum absolute atomic E-state index is 12.6. The van der Waals surface area contributed by atoms with Crippen LogP contribution in [0.25, 0.3) is 0 Å². The first kappa shape index (κ1) is 17.5. The average molecular weight is 336 g/mol. The van der Waals surface area contributed by atoms with Crippen LogP contribution in [0, 0.1) is 29.1 Å². The topological polar surface area (TPSA) is 64.3 Å². The number of hydrogen-bond acceptors (Lipinski definition) is 3. The van der Waals surface area contributed by atoms with Crippen molar-refractivity contribution in [2.24, 2.45) is 5.92 Å². The van der Waals surface area contributed by atoms with Gasteiger partial charge in [-0.15, -0.1) is 0 Å². The molecule has 1 aromatic rings. The monoisotopic (exact) mass is 336 g/mol. The zero-order valence-corrected chi connectivity index (χ0v) is 14.6. The van der Waals surface area contributed by atoms with Gasteiger partial charge in [0.1, 0.15) is 6.04 Å². The quantitative estimate of drug-likeness (QED) is 0.860. The largest absolute Gasteiger partial charge is 0.394 e. The van der Waals surface area contributed by atoms with Crippen LogP contribution in [0.15, 0.2) is 24.3 Å². The molecular formula is C21H24N2O2. The van der Waals surface area contributed by atoms with Crippen LogP contribution in [0.3, 0.4) is 0 Å². The fourth-order valence-electron chi connectivity index (χ4n) is 3.65. The minimum atomic E-state index is -0.484. The molecule has 1 aliphatic heterocycles. The van der Waals surface area contributed by atoms with Crippen molar-refractivity contribution in [2.75, 3.05) is 6.61 Å². The van der Waals surface area contributed by atoms with Crippen molar-refractivity contribution in [1.29, 1.82) is 5.26 Å². The van der Waals surface area contributed by atoms with Crippen molar-refractivity contribution in [2.45, 2.75) is 57.0 Å². The highest BCUT2D eigenvalue weighted by molar-refractivity contribution is 5.82. The third kappa shape index (κ3) is 3.28. The summed E-state index contributed by atoms with van der Waals surface area (Å²) in [4.78, 5) is 14.2. The summed E-state index contributed by atoms with van der Waals surface area (Å²) in [5.41, 5.74) is 1.94. The van der Waals surface area contributed by atoms with Crippen molar-refractivity contribution in [1.82, 2.24) is 4.90 Å². The van der Waals surface area contributed by atoms with E-state index in [1.165, 1.54) is 0 Å². The second kappa shape index (κ2) is 7.72. The fraction of sp³-hybridized carbons (Fsp3) is 0.524. The summed E-state index contributed by atoms with van der Waals surface area (Å²) in [6.07, 6.45) is 4.81. The molecule has 0 radical (unpaired) electrons. The molecule has 3 rings (SSSR count). The van der Waals surface area contributed by atoms with E-state index in [2.05, 4.69) is 24.8 Å². The second-order valence-corrected chi connectivity index (χ2v) is 6.90. The highest BCUT2D eigenvalue weighted by atomic mass is 16.3. The minimum Gasteiger partial charge on any atom is -0.394 e. The molecule has 0 unspecified atom stereocenters. The van der Waals surface area contributed by atoms with Gasteiger partial charge in [-0.2, -0.15) is 5.26 Å². The lowest BCUT2D eigenvalue weighted by Gasteiger charge is -2.53. The Hall–Kier alpha value is -2.30. The zero-order valence-electron chi connectivity index (χ0n) is 14.6. The van der Waals surface area contributed by atoms with Crippen molar-refractivity contribution in [3.8, 4) is 17.9 Å². The molecule has 1 N–H and O–H groups in total. The van der Waals surface area contributed by atoms with Gasteiger partial charge in [-0.25, -0.2) is 0 Å². The van der Waals surface area contributed by atoms with Crippen LogP contribution in [-0.4, -0.2) is 34.6 Å². The Kier molecular flexibility index (Phi) is 5.41. The summed E-state index contributed by atoms with van der Waals surface area (Å²) in [5, 5.41) is 19.4. The lowest BCUT2D eigenvalue weighted by Crippen LogP contribution is -2.66. The SMILES string of the molecule is CCCC#Cc1ccc([C@H]2[C@@H](C#N)N(C(=O)C3CCC3)[C@@H]2CO)cc1.